The van der Waals surface area contributed by atoms with Gasteiger partial charge in [0.25, 0.3) is 5.91 Å². The summed E-state index contributed by atoms with van der Waals surface area (Å²) in [6.45, 7) is 3.15. The largest absolute Gasteiger partial charge is 0.497 e. The maximum Gasteiger partial charge on any atom is 0.259 e. The number of amides is 1. The van der Waals surface area contributed by atoms with Gasteiger partial charge in [-0.2, -0.15) is 0 Å². The van der Waals surface area contributed by atoms with Gasteiger partial charge in [-0.05, 0) is 43.3 Å². The van der Waals surface area contributed by atoms with E-state index in [0.29, 0.717) is 31.2 Å². The van der Waals surface area contributed by atoms with Crippen LogP contribution < -0.4 is 14.2 Å². The lowest BCUT2D eigenvalue weighted by atomic mass is 10.2. The molecular formula is C18H22N2O4. The molecule has 1 aromatic heterocycles. The van der Waals surface area contributed by atoms with E-state index in [1.54, 1.807) is 37.4 Å². The average molecular weight is 330 g/mol. The topological polar surface area (TPSA) is 60.9 Å². The molecule has 2 aromatic rings. The van der Waals surface area contributed by atoms with Gasteiger partial charge in [0.1, 0.15) is 23.7 Å². The Hall–Kier alpha value is -2.76. The number of hydrogen-bond acceptors (Lipinski definition) is 5. The predicted octanol–water partition coefficient (Wildman–Crippen LogP) is 2.64. The number of methoxy groups -OCH3 is 1. The van der Waals surface area contributed by atoms with Gasteiger partial charge in [-0.15, -0.1) is 0 Å². The standard InChI is InChI=1S/C18H22N2O4/c1-4-23-17-16(6-5-11-19-17)18(21)20(2)12-13-24-15-9-7-14(22-3)8-10-15/h5-11H,4,12-13H2,1-3H3. The van der Waals surface area contributed by atoms with Crippen LogP contribution in [0.5, 0.6) is 17.4 Å². The molecule has 1 aromatic carbocycles. The third-order valence-corrected chi connectivity index (χ3v) is 3.38. The zero-order valence-electron chi connectivity index (χ0n) is 14.2. The zero-order valence-corrected chi connectivity index (χ0v) is 14.2. The molecule has 0 fully saturated rings. The van der Waals surface area contributed by atoms with Gasteiger partial charge in [0, 0.05) is 13.2 Å². The summed E-state index contributed by atoms with van der Waals surface area (Å²) in [5.74, 6) is 1.71. The Morgan fingerprint density at radius 2 is 1.83 bits per heavy atom. The summed E-state index contributed by atoms with van der Waals surface area (Å²) in [5.41, 5.74) is 0.450. The van der Waals surface area contributed by atoms with E-state index in [0.717, 1.165) is 11.5 Å². The van der Waals surface area contributed by atoms with Crippen LogP contribution in [0, 0.1) is 0 Å². The van der Waals surface area contributed by atoms with E-state index in [9.17, 15) is 4.79 Å². The van der Waals surface area contributed by atoms with Crippen molar-refractivity contribution in [2.45, 2.75) is 6.92 Å². The van der Waals surface area contributed by atoms with Gasteiger partial charge in [-0.3, -0.25) is 4.79 Å². The minimum atomic E-state index is -0.148. The number of aromatic nitrogens is 1. The smallest absolute Gasteiger partial charge is 0.259 e. The quantitative estimate of drug-likeness (QED) is 0.745. The second-order valence-corrected chi connectivity index (χ2v) is 5.04. The molecule has 0 bridgehead atoms. The minimum Gasteiger partial charge on any atom is -0.497 e. The van der Waals surface area contributed by atoms with Crippen LogP contribution in [0.1, 0.15) is 17.3 Å². The fourth-order valence-electron chi connectivity index (χ4n) is 2.08. The highest BCUT2D eigenvalue weighted by atomic mass is 16.5. The predicted molar refractivity (Wildman–Crippen MR) is 90.9 cm³/mol. The molecule has 6 heteroatoms. The molecule has 0 saturated carbocycles. The van der Waals surface area contributed by atoms with Crippen molar-refractivity contribution in [3.05, 3.63) is 48.2 Å². The number of rotatable bonds is 8. The first kappa shape index (κ1) is 17.6. The molecule has 0 radical (unpaired) electrons. The first-order chi connectivity index (χ1) is 11.7. The van der Waals surface area contributed by atoms with E-state index in [2.05, 4.69) is 4.98 Å². The van der Waals surface area contributed by atoms with Crippen molar-refractivity contribution in [1.82, 2.24) is 9.88 Å². The number of pyridine rings is 1. The maximum atomic E-state index is 12.5. The molecule has 0 aliphatic heterocycles. The summed E-state index contributed by atoms with van der Waals surface area (Å²) in [6, 6.07) is 10.7. The lowest BCUT2D eigenvalue weighted by molar-refractivity contribution is 0.0768. The monoisotopic (exact) mass is 330 g/mol. The SMILES string of the molecule is CCOc1ncccc1C(=O)N(C)CCOc1ccc(OC)cc1. The van der Waals surface area contributed by atoms with Crippen LogP contribution in [0.3, 0.4) is 0 Å². The van der Waals surface area contributed by atoms with Crippen LogP contribution in [0.25, 0.3) is 0 Å². The van der Waals surface area contributed by atoms with Crippen molar-refractivity contribution in [3.8, 4) is 17.4 Å². The maximum absolute atomic E-state index is 12.5. The van der Waals surface area contributed by atoms with E-state index in [4.69, 9.17) is 14.2 Å². The van der Waals surface area contributed by atoms with Crippen LogP contribution in [0.4, 0.5) is 0 Å². The molecule has 1 amide bonds. The van der Waals surface area contributed by atoms with Crippen LogP contribution in [-0.2, 0) is 0 Å². The average Bonchev–Trinajstić information content (AvgIpc) is 2.62. The number of ether oxygens (including phenoxy) is 3. The molecule has 128 valence electrons. The number of carbonyl (C=O) groups is 1. The molecule has 0 saturated heterocycles. The van der Waals surface area contributed by atoms with E-state index >= 15 is 0 Å². The van der Waals surface area contributed by atoms with Gasteiger partial charge in [0.15, 0.2) is 0 Å². The number of nitrogens with zero attached hydrogens (tertiary/aromatic N) is 2. The molecule has 24 heavy (non-hydrogen) atoms. The zero-order chi connectivity index (χ0) is 17.4. The van der Waals surface area contributed by atoms with Crippen LogP contribution >= 0.6 is 0 Å². The normalized spacial score (nSPS) is 10.1. The summed E-state index contributed by atoms with van der Waals surface area (Å²) < 4.78 is 16.1. The number of hydrogen-bond donors (Lipinski definition) is 0. The van der Waals surface area contributed by atoms with Crippen molar-refractivity contribution < 1.29 is 19.0 Å². The van der Waals surface area contributed by atoms with Gasteiger partial charge < -0.3 is 19.1 Å². The third-order valence-electron chi connectivity index (χ3n) is 3.38. The second-order valence-electron chi connectivity index (χ2n) is 5.04. The van der Waals surface area contributed by atoms with Crippen molar-refractivity contribution in [3.63, 3.8) is 0 Å². The minimum absolute atomic E-state index is 0.148. The van der Waals surface area contributed by atoms with Gasteiger partial charge >= 0.3 is 0 Å². The highest BCUT2D eigenvalue weighted by Gasteiger charge is 2.17. The Bertz CT molecular complexity index is 658. The Kier molecular flexibility index (Phi) is 6.42. The summed E-state index contributed by atoms with van der Waals surface area (Å²) in [5, 5.41) is 0. The Morgan fingerprint density at radius 3 is 2.50 bits per heavy atom. The van der Waals surface area contributed by atoms with Crippen LogP contribution in [0.15, 0.2) is 42.6 Å². The molecular weight excluding hydrogens is 308 g/mol. The van der Waals surface area contributed by atoms with Crippen LogP contribution in [0.2, 0.25) is 0 Å². The number of carbonyl (C=O) groups excluding carboxylic acids is 1. The van der Waals surface area contributed by atoms with Crippen LogP contribution in [-0.4, -0.2) is 49.7 Å². The van der Waals surface area contributed by atoms with Crippen molar-refractivity contribution in [2.75, 3.05) is 33.9 Å². The molecule has 0 atom stereocenters. The van der Waals surface area contributed by atoms with Gasteiger partial charge in [-0.25, -0.2) is 4.98 Å². The Morgan fingerprint density at radius 1 is 1.12 bits per heavy atom. The first-order valence-electron chi connectivity index (χ1n) is 7.75. The molecule has 0 N–H and O–H groups in total. The molecule has 0 aliphatic rings. The molecule has 2 rings (SSSR count). The van der Waals surface area contributed by atoms with Gasteiger partial charge in [0.2, 0.25) is 5.88 Å². The highest BCUT2D eigenvalue weighted by molar-refractivity contribution is 5.96. The fraction of sp³-hybridized carbons (Fsp3) is 0.333. The van der Waals surface area contributed by atoms with Crippen molar-refractivity contribution >= 4 is 5.91 Å². The fourth-order valence-corrected chi connectivity index (χ4v) is 2.08. The third kappa shape index (κ3) is 4.62. The van der Waals surface area contributed by atoms with Gasteiger partial charge in [0.05, 0.1) is 20.3 Å². The Balaban J connectivity index is 1.89. The number of benzene rings is 1. The summed E-state index contributed by atoms with van der Waals surface area (Å²) in [4.78, 5) is 18.2. The van der Waals surface area contributed by atoms with Crippen molar-refractivity contribution in [1.29, 1.82) is 0 Å². The molecule has 0 unspecified atom stereocenters. The highest BCUT2D eigenvalue weighted by Crippen LogP contribution is 2.18. The summed E-state index contributed by atoms with van der Waals surface area (Å²) >= 11 is 0. The molecule has 0 aliphatic carbocycles. The van der Waals surface area contributed by atoms with Gasteiger partial charge in [-0.1, -0.05) is 0 Å². The van der Waals surface area contributed by atoms with Crippen molar-refractivity contribution in [2.24, 2.45) is 0 Å². The van der Waals surface area contributed by atoms with E-state index in [-0.39, 0.29) is 5.91 Å². The molecule has 1 heterocycles. The first-order valence-corrected chi connectivity index (χ1v) is 7.75. The van der Waals surface area contributed by atoms with E-state index in [1.807, 2.05) is 31.2 Å². The summed E-state index contributed by atoms with van der Waals surface area (Å²) in [6.07, 6.45) is 1.61. The van der Waals surface area contributed by atoms with E-state index in [1.165, 1.54) is 0 Å². The number of likely N-dealkylation sites (N-methyl/N-ethyl adjacent to an activating group) is 1. The molecule has 6 nitrogen and oxygen atoms in total. The van der Waals surface area contributed by atoms with E-state index < -0.39 is 0 Å². The molecule has 0 spiro atoms. The lowest BCUT2D eigenvalue weighted by Gasteiger charge is -2.18. The second kappa shape index (κ2) is 8.76. The summed E-state index contributed by atoms with van der Waals surface area (Å²) in [7, 11) is 3.34. The Labute approximate surface area is 142 Å². The lowest BCUT2D eigenvalue weighted by Crippen LogP contribution is -2.31.